The third-order valence-electron chi connectivity index (χ3n) is 2.55. The van der Waals surface area contributed by atoms with Crippen LogP contribution in [0.2, 0.25) is 0 Å². The van der Waals surface area contributed by atoms with E-state index in [2.05, 4.69) is 51.8 Å². The largest absolute Gasteiger partial charge is 0.247 e. The van der Waals surface area contributed by atoms with Gasteiger partial charge in [0, 0.05) is 26.2 Å². The molecule has 12 heavy (non-hydrogen) atoms. The van der Waals surface area contributed by atoms with E-state index in [9.17, 15) is 0 Å². The van der Waals surface area contributed by atoms with Crippen LogP contribution in [-0.4, -0.2) is 36.2 Å². The fraction of sp³-hybridized carbons (Fsp3) is 1.00. The molecule has 0 aliphatic carbocycles. The monoisotopic (exact) mass is 172 g/mol. The highest BCUT2D eigenvalue weighted by Gasteiger charge is 2.18. The van der Waals surface area contributed by atoms with Gasteiger partial charge in [0.15, 0.2) is 0 Å². The van der Waals surface area contributed by atoms with E-state index in [4.69, 9.17) is 0 Å². The van der Waals surface area contributed by atoms with Crippen molar-refractivity contribution < 1.29 is 0 Å². The Labute approximate surface area is 77.5 Å². The van der Waals surface area contributed by atoms with Crippen LogP contribution in [0.3, 0.4) is 0 Å². The topological polar surface area (TPSA) is 6.48 Å². The molecular weight excluding hydrogens is 148 g/mol. The lowest BCUT2D eigenvalue weighted by molar-refractivity contribution is -0.0487. The molecule has 2 nitrogen and oxygen atoms in total. The van der Waals surface area contributed by atoms with Crippen molar-refractivity contribution in [2.24, 2.45) is 0 Å². The maximum atomic E-state index is 2.44. The molecule has 0 fully saturated rings. The van der Waals surface area contributed by atoms with Gasteiger partial charge in [0.25, 0.3) is 0 Å². The molecule has 2 heteroatoms. The number of hydrogen-bond donors (Lipinski definition) is 0. The molecule has 0 rings (SSSR count). The van der Waals surface area contributed by atoms with Crippen molar-refractivity contribution in [3.63, 3.8) is 0 Å². The number of hydrogen-bond acceptors (Lipinski definition) is 2. The summed E-state index contributed by atoms with van der Waals surface area (Å²) in [6.45, 7) is 9.05. The highest BCUT2D eigenvalue weighted by molar-refractivity contribution is 4.67. The summed E-state index contributed by atoms with van der Waals surface area (Å²) in [7, 11) is 4.25. The van der Waals surface area contributed by atoms with Gasteiger partial charge in [-0.25, -0.2) is 10.0 Å². The van der Waals surface area contributed by atoms with Crippen molar-refractivity contribution in [3.05, 3.63) is 0 Å². The van der Waals surface area contributed by atoms with E-state index in [1.165, 1.54) is 12.8 Å². The minimum absolute atomic E-state index is 0.648. The molecule has 0 amide bonds. The average molecular weight is 172 g/mol. The minimum Gasteiger partial charge on any atom is -0.247 e. The summed E-state index contributed by atoms with van der Waals surface area (Å²) in [5.74, 6) is 0. The molecule has 0 N–H and O–H groups in total. The molecule has 0 radical (unpaired) electrons. The van der Waals surface area contributed by atoms with Gasteiger partial charge in [0.2, 0.25) is 0 Å². The van der Waals surface area contributed by atoms with Crippen LogP contribution in [0.4, 0.5) is 0 Å². The summed E-state index contributed by atoms with van der Waals surface area (Å²) in [6.07, 6.45) is 2.42. The maximum absolute atomic E-state index is 2.44. The Bertz CT molecular complexity index is 102. The standard InChI is InChI=1S/C10H24N2/c1-7-9(3)12(11(5)6)10(4)8-2/h9-10H,7-8H2,1-6H3. The molecule has 0 bridgehead atoms. The van der Waals surface area contributed by atoms with Crippen molar-refractivity contribution >= 4 is 0 Å². The molecule has 0 heterocycles. The molecular formula is C10H24N2. The van der Waals surface area contributed by atoms with Crippen LogP contribution < -0.4 is 0 Å². The van der Waals surface area contributed by atoms with E-state index >= 15 is 0 Å². The van der Waals surface area contributed by atoms with Crippen molar-refractivity contribution in [1.82, 2.24) is 10.0 Å². The Hall–Kier alpha value is -0.0800. The van der Waals surface area contributed by atoms with Crippen molar-refractivity contribution in [1.29, 1.82) is 0 Å². The van der Waals surface area contributed by atoms with Crippen LogP contribution in [0, 0.1) is 0 Å². The molecule has 0 aromatic rings. The van der Waals surface area contributed by atoms with E-state index in [1.54, 1.807) is 0 Å². The van der Waals surface area contributed by atoms with Gasteiger partial charge in [0.1, 0.15) is 0 Å². The molecule has 0 spiro atoms. The van der Waals surface area contributed by atoms with Gasteiger partial charge in [0.05, 0.1) is 0 Å². The average Bonchev–Trinajstić information content (AvgIpc) is 2.03. The lowest BCUT2D eigenvalue weighted by atomic mass is 10.1. The fourth-order valence-corrected chi connectivity index (χ4v) is 1.60. The Morgan fingerprint density at radius 1 is 0.917 bits per heavy atom. The summed E-state index contributed by atoms with van der Waals surface area (Å²) in [5, 5.41) is 4.66. The van der Waals surface area contributed by atoms with E-state index in [0.29, 0.717) is 12.1 Å². The molecule has 0 aromatic heterocycles. The van der Waals surface area contributed by atoms with E-state index in [1.807, 2.05) is 0 Å². The normalized spacial score (nSPS) is 17.0. The van der Waals surface area contributed by atoms with Crippen LogP contribution in [0.25, 0.3) is 0 Å². The van der Waals surface area contributed by atoms with E-state index in [0.717, 1.165) is 0 Å². The molecule has 0 saturated carbocycles. The quantitative estimate of drug-likeness (QED) is 0.587. The minimum atomic E-state index is 0.648. The molecule has 2 unspecified atom stereocenters. The van der Waals surface area contributed by atoms with Gasteiger partial charge in [-0.15, -0.1) is 0 Å². The first-order chi connectivity index (χ1) is 5.54. The van der Waals surface area contributed by atoms with Crippen LogP contribution in [0.1, 0.15) is 40.5 Å². The molecule has 0 saturated heterocycles. The summed E-state index contributed by atoms with van der Waals surface area (Å²) in [4.78, 5) is 0. The third-order valence-corrected chi connectivity index (χ3v) is 2.55. The van der Waals surface area contributed by atoms with Gasteiger partial charge in [-0.1, -0.05) is 13.8 Å². The van der Waals surface area contributed by atoms with E-state index in [-0.39, 0.29) is 0 Å². The second kappa shape index (κ2) is 5.55. The van der Waals surface area contributed by atoms with Gasteiger partial charge in [-0.3, -0.25) is 0 Å². The first-order valence-corrected chi connectivity index (χ1v) is 5.00. The lowest BCUT2D eigenvalue weighted by Crippen LogP contribution is -2.48. The summed E-state index contributed by atoms with van der Waals surface area (Å²) in [6, 6.07) is 1.30. The second-order valence-corrected chi connectivity index (χ2v) is 3.74. The smallest absolute Gasteiger partial charge is 0.0217 e. The zero-order chi connectivity index (χ0) is 9.72. The molecule has 0 aliphatic rings. The zero-order valence-electron chi connectivity index (χ0n) is 9.46. The fourth-order valence-electron chi connectivity index (χ4n) is 1.60. The van der Waals surface area contributed by atoms with Gasteiger partial charge < -0.3 is 0 Å². The van der Waals surface area contributed by atoms with Gasteiger partial charge >= 0.3 is 0 Å². The molecule has 0 aliphatic heterocycles. The Morgan fingerprint density at radius 3 is 1.42 bits per heavy atom. The van der Waals surface area contributed by atoms with Crippen LogP contribution in [-0.2, 0) is 0 Å². The molecule has 0 aromatic carbocycles. The highest BCUT2D eigenvalue weighted by Crippen LogP contribution is 2.12. The second-order valence-electron chi connectivity index (χ2n) is 3.74. The summed E-state index contributed by atoms with van der Waals surface area (Å²) in [5.41, 5.74) is 0. The van der Waals surface area contributed by atoms with Crippen molar-refractivity contribution in [3.8, 4) is 0 Å². The summed E-state index contributed by atoms with van der Waals surface area (Å²) >= 11 is 0. The van der Waals surface area contributed by atoms with Crippen molar-refractivity contribution in [2.75, 3.05) is 14.1 Å². The Morgan fingerprint density at radius 2 is 1.25 bits per heavy atom. The third kappa shape index (κ3) is 3.11. The predicted molar refractivity (Wildman–Crippen MR) is 55.0 cm³/mol. The van der Waals surface area contributed by atoms with Crippen LogP contribution >= 0.6 is 0 Å². The van der Waals surface area contributed by atoms with Gasteiger partial charge in [-0.05, 0) is 26.7 Å². The first kappa shape index (κ1) is 11.9. The lowest BCUT2D eigenvalue weighted by Gasteiger charge is -2.38. The van der Waals surface area contributed by atoms with Crippen molar-refractivity contribution in [2.45, 2.75) is 52.6 Å². The molecule has 2 atom stereocenters. The number of nitrogens with zero attached hydrogens (tertiary/aromatic N) is 2. The van der Waals surface area contributed by atoms with Gasteiger partial charge in [-0.2, -0.15) is 0 Å². The number of rotatable bonds is 5. The van der Waals surface area contributed by atoms with Crippen LogP contribution in [0.5, 0.6) is 0 Å². The Kier molecular flexibility index (Phi) is 5.51. The van der Waals surface area contributed by atoms with E-state index < -0.39 is 0 Å². The molecule has 74 valence electrons. The first-order valence-electron chi connectivity index (χ1n) is 5.00. The zero-order valence-corrected chi connectivity index (χ0v) is 9.46. The van der Waals surface area contributed by atoms with Crippen LogP contribution in [0.15, 0.2) is 0 Å². The predicted octanol–water partition coefficient (Wildman–Crippen LogP) is 2.36. The highest BCUT2D eigenvalue weighted by atomic mass is 15.6. The number of hydrazine groups is 1. The maximum Gasteiger partial charge on any atom is 0.0217 e. The SMILES string of the molecule is CCC(C)N(C(C)CC)N(C)C. The summed E-state index contributed by atoms with van der Waals surface area (Å²) < 4.78 is 0. The Balaban J connectivity index is 4.21.